The van der Waals surface area contributed by atoms with Crippen molar-refractivity contribution < 1.29 is 9.53 Å². The van der Waals surface area contributed by atoms with Crippen molar-refractivity contribution >= 4 is 17.3 Å². The molecule has 1 fully saturated rings. The first-order valence-electron chi connectivity index (χ1n) is 8.31. The van der Waals surface area contributed by atoms with Crippen molar-refractivity contribution in [1.82, 2.24) is 0 Å². The lowest BCUT2D eigenvalue weighted by atomic mass is 9.84. The quantitative estimate of drug-likeness (QED) is 0.782. The van der Waals surface area contributed by atoms with Crippen LogP contribution >= 0.6 is 0 Å². The molecule has 3 heteroatoms. The summed E-state index contributed by atoms with van der Waals surface area (Å²) in [7, 11) is 1.40. The molecule has 0 saturated heterocycles. The largest absolute Gasteiger partial charge is 0.465 e. The normalized spacial score (nSPS) is 15.2. The third kappa shape index (κ3) is 3.92. The number of hydrogen-bond donors (Lipinski definition) is 1. The Morgan fingerprint density at radius 3 is 2.43 bits per heavy atom. The number of ether oxygens (including phenoxy) is 1. The number of methoxy groups -OCH3 is 1. The third-order valence-corrected chi connectivity index (χ3v) is 4.56. The summed E-state index contributed by atoms with van der Waals surface area (Å²) in [6.45, 7) is 0. The predicted molar refractivity (Wildman–Crippen MR) is 93.3 cm³/mol. The summed E-state index contributed by atoms with van der Waals surface area (Å²) < 4.78 is 4.76. The molecule has 120 valence electrons. The molecule has 1 aliphatic carbocycles. The molecule has 0 aliphatic heterocycles. The molecule has 1 N–H and O–H groups in total. The highest BCUT2D eigenvalue weighted by atomic mass is 16.5. The molecule has 0 unspecified atom stereocenters. The van der Waals surface area contributed by atoms with Crippen LogP contribution in [-0.4, -0.2) is 13.1 Å². The number of nitrogens with one attached hydrogen (secondary N) is 1. The molecule has 2 aromatic rings. The van der Waals surface area contributed by atoms with Crippen LogP contribution in [-0.2, 0) is 4.74 Å². The fourth-order valence-corrected chi connectivity index (χ4v) is 3.28. The molecular formula is C20H23NO2. The Morgan fingerprint density at radius 2 is 1.74 bits per heavy atom. The summed E-state index contributed by atoms with van der Waals surface area (Å²) in [5, 5.41) is 3.35. The van der Waals surface area contributed by atoms with Gasteiger partial charge in [0.1, 0.15) is 0 Å². The summed E-state index contributed by atoms with van der Waals surface area (Å²) in [6.07, 6.45) is 6.71. The second kappa shape index (κ2) is 7.32. The summed E-state index contributed by atoms with van der Waals surface area (Å²) in [6, 6.07) is 16.0. The van der Waals surface area contributed by atoms with Crippen LogP contribution in [0, 0.1) is 0 Å². The van der Waals surface area contributed by atoms with Gasteiger partial charge < -0.3 is 10.1 Å². The van der Waals surface area contributed by atoms with E-state index in [-0.39, 0.29) is 5.97 Å². The standard InChI is InChI=1S/C20H23NO2/c1-23-20(22)17-8-5-9-19(14-17)21-18-12-10-16(11-13-18)15-6-3-2-4-7-15/h5,8-15,21H,2-4,6-7H2,1H3. The Morgan fingerprint density at radius 1 is 1.00 bits per heavy atom. The lowest BCUT2D eigenvalue weighted by molar-refractivity contribution is 0.0601. The molecule has 0 aromatic heterocycles. The van der Waals surface area contributed by atoms with Gasteiger partial charge in [-0.1, -0.05) is 37.5 Å². The van der Waals surface area contributed by atoms with E-state index < -0.39 is 0 Å². The van der Waals surface area contributed by atoms with E-state index >= 15 is 0 Å². The minimum Gasteiger partial charge on any atom is -0.465 e. The van der Waals surface area contributed by atoms with Crippen molar-refractivity contribution in [2.45, 2.75) is 38.0 Å². The van der Waals surface area contributed by atoms with Gasteiger partial charge in [-0.15, -0.1) is 0 Å². The zero-order valence-electron chi connectivity index (χ0n) is 13.5. The van der Waals surface area contributed by atoms with Gasteiger partial charge in [-0.2, -0.15) is 0 Å². The SMILES string of the molecule is COC(=O)c1cccc(Nc2ccc(C3CCCCC3)cc2)c1. The highest BCUT2D eigenvalue weighted by molar-refractivity contribution is 5.90. The van der Waals surface area contributed by atoms with Crippen molar-refractivity contribution in [3.63, 3.8) is 0 Å². The number of anilines is 2. The molecule has 3 rings (SSSR count). The fraction of sp³-hybridized carbons (Fsp3) is 0.350. The second-order valence-electron chi connectivity index (χ2n) is 6.15. The van der Waals surface area contributed by atoms with Crippen LogP contribution in [0.25, 0.3) is 0 Å². The van der Waals surface area contributed by atoms with E-state index in [2.05, 4.69) is 29.6 Å². The molecule has 0 heterocycles. The predicted octanol–water partition coefficient (Wildman–Crippen LogP) is 5.26. The van der Waals surface area contributed by atoms with Crippen LogP contribution in [0.15, 0.2) is 48.5 Å². The molecule has 2 aromatic carbocycles. The molecule has 0 amide bonds. The van der Waals surface area contributed by atoms with Gasteiger partial charge in [-0.3, -0.25) is 0 Å². The maximum Gasteiger partial charge on any atom is 0.337 e. The van der Waals surface area contributed by atoms with Gasteiger partial charge in [0, 0.05) is 11.4 Å². The zero-order valence-corrected chi connectivity index (χ0v) is 13.5. The lowest BCUT2D eigenvalue weighted by Crippen LogP contribution is -2.04. The van der Waals surface area contributed by atoms with E-state index in [1.54, 1.807) is 12.1 Å². The van der Waals surface area contributed by atoms with E-state index in [0.29, 0.717) is 5.56 Å². The van der Waals surface area contributed by atoms with Gasteiger partial charge in [0.05, 0.1) is 12.7 Å². The number of carbonyl (C=O) groups is 1. The van der Waals surface area contributed by atoms with E-state index in [1.165, 1.54) is 44.8 Å². The fourth-order valence-electron chi connectivity index (χ4n) is 3.28. The number of hydrogen-bond acceptors (Lipinski definition) is 3. The van der Waals surface area contributed by atoms with Gasteiger partial charge >= 0.3 is 5.97 Å². The summed E-state index contributed by atoms with van der Waals surface area (Å²) in [5.74, 6) is 0.404. The minimum absolute atomic E-state index is 0.318. The molecule has 0 atom stereocenters. The second-order valence-corrected chi connectivity index (χ2v) is 6.15. The summed E-state index contributed by atoms with van der Waals surface area (Å²) >= 11 is 0. The molecule has 23 heavy (non-hydrogen) atoms. The van der Waals surface area contributed by atoms with E-state index in [9.17, 15) is 4.79 Å². The molecule has 1 saturated carbocycles. The monoisotopic (exact) mass is 309 g/mol. The van der Waals surface area contributed by atoms with Gasteiger partial charge in [0.2, 0.25) is 0 Å². The number of benzene rings is 2. The van der Waals surface area contributed by atoms with E-state index in [1.807, 2.05) is 12.1 Å². The van der Waals surface area contributed by atoms with Gasteiger partial charge in [0.15, 0.2) is 0 Å². The average Bonchev–Trinajstić information content (AvgIpc) is 2.62. The van der Waals surface area contributed by atoms with E-state index in [4.69, 9.17) is 4.74 Å². The third-order valence-electron chi connectivity index (χ3n) is 4.56. The molecule has 0 radical (unpaired) electrons. The van der Waals surface area contributed by atoms with Gasteiger partial charge in [0.25, 0.3) is 0 Å². The van der Waals surface area contributed by atoms with Crippen LogP contribution < -0.4 is 5.32 Å². The molecule has 0 bridgehead atoms. The number of esters is 1. The van der Waals surface area contributed by atoms with Crippen LogP contribution in [0.1, 0.15) is 53.9 Å². The van der Waals surface area contributed by atoms with Crippen molar-refractivity contribution in [2.75, 3.05) is 12.4 Å². The maximum atomic E-state index is 11.6. The highest BCUT2D eigenvalue weighted by Gasteiger charge is 2.15. The van der Waals surface area contributed by atoms with Crippen molar-refractivity contribution in [3.05, 3.63) is 59.7 Å². The minimum atomic E-state index is -0.318. The average molecular weight is 309 g/mol. The first-order valence-corrected chi connectivity index (χ1v) is 8.31. The Bertz CT molecular complexity index is 658. The maximum absolute atomic E-state index is 11.6. The Balaban J connectivity index is 1.69. The molecule has 3 nitrogen and oxygen atoms in total. The highest BCUT2D eigenvalue weighted by Crippen LogP contribution is 2.33. The molecule has 0 spiro atoms. The van der Waals surface area contributed by atoms with Crippen LogP contribution in [0.3, 0.4) is 0 Å². The molecular weight excluding hydrogens is 286 g/mol. The van der Waals surface area contributed by atoms with Crippen molar-refractivity contribution in [2.24, 2.45) is 0 Å². The smallest absolute Gasteiger partial charge is 0.337 e. The number of rotatable bonds is 4. The first kappa shape index (κ1) is 15.6. The first-order chi connectivity index (χ1) is 11.3. The van der Waals surface area contributed by atoms with Crippen LogP contribution in [0.5, 0.6) is 0 Å². The Labute approximate surface area is 137 Å². The van der Waals surface area contributed by atoms with Crippen LogP contribution in [0.4, 0.5) is 11.4 Å². The van der Waals surface area contributed by atoms with Gasteiger partial charge in [-0.25, -0.2) is 4.79 Å². The molecule has 1 aliphatic rings. The summed E-state index contributed by atoms with van der Waals surface area (Å²) in [4.78, 5) is 11.6. The van der Waals surface area contributed by atoms with Crippen molar-refractivity contribution in [1.29, 1.82) is 0 Å². The topological polar surface area (TPSA) is 38.3 Å². The zero-order chi connectivity index (χ0) is 16.1. The van der Waals surface area contributed by atoms with Gasteiger partial charge in [-0.05, 0) is 54.7 Å². The van der Waals surface area contributed by atoms with Crippen LogP contribution in [0.2, 0.25) is 0 Å². The Hall–Kier alpha value is -2.29. The van der Waals surface area contributed by atoms with E-state index in [0.717, 1.165) is 17.3 Å². The van der Waals surface area contributed by atoms with Crippen molar-refractivity contribution in [3.8, 4) is 0 Å². The Kier molecular flexibility index (Phi) is 4.96. The number of carbonyl (C=O) groups excluding carboxylic acids is 1. The lowest BCUT2D eigenvalue weighted by Gasteiger charge is -2.22. The summed E-state index contributed by atoms with van der Waals surface area (Å²) in [5.41, 5.74) is 3.92.